The third kappa shape index (κ3) is 4.58. The van der Waals surface area contributed by atoms with Crippen molar-refractivity contribution in [3.05, 3.63) is 35.4 Å². The summed E-state index contributed by atoms with van der Waals surface area (Å²) < 4.78 is 7.38. The summed E-state index contributed by atoms with van der Waals surface area (Å²) in [5.74, 6) is 0.939. The number of thiophene rings is 1. The Morgan fingerprint density at radius 3 is 2.85 bits per heavy atom. The summed E-state index contributed by atoms with van der Waals surface area (Å²) in [6, 6.07) is 5.20. The summed E-state index contributed by atoms with van der Waals surface area (Å²) >= 11 is 2.53. The van der Waals surface area contributed by atoms with Crippen LogP contribution in [0.4, 0.5) is 5.00 Å². The highest BCUT2D eigenvalue weighted by Crippen LogP contribution is 2.27. The minimum absolute atomic E-state index is 0.129. The number of rotatable bonds is 8. The highest BCUT2D eigenvalue weighted by molar-refractivity contribution is 7.99. The fourth-order valence-corrected chi connectivity index (χ4v) is 3.96. The molecule has 0 aliphatic heterocycles. The number of amides is 2. The third-order valence-electron chi connectivity index (χ3n) is 3.52. The number of nitrogens with one attached hydrogen (secondary N) is 1. The molecule has 142 valence electrons. The van der Waals surface area contributed by atoms with Gasteiger partial charge in [-0.05, 0) is 29.5 Å². The van der Waals surface area contributed by atoms with Crippen LogP contribution in [-0.2, 0) is 11.3 Å². The van der Waals surface area contributed by atoms with Crippen molar-refractivity contribution in [1.82, 2.24) is 14.8 Å². The van der Waals surface area contributed by atoms with Gasteiger partial charge in [0.1, 0.15) is 5.00 Å². The van der Waals surface area contributed by atoms with Gasteiger partial charge in [0, 0.05) is 6.54 Å². The Balaban J connectivity index is 1.71. The highest BCUT2D eigenvalue weighted by Gasteiger charge is 2.19. The largest absolute Gasteiger partial charge is 0.461 e. The summed E-state index contributed by atoms with van der Waals surface area (Å²) in [4.78, 5) is 23.6. The number of nitrogens with two attached hydrogens (primary N) is 1. The number of carbonyl (C=O) groups excluding carboxylic acids is 2. The molecule has 0 aliphatic rings. The van der Waals surface area contributed by atoms with Gasteiger partial charge >= 0.3 is 0 Å². The first-order valence-electron chi connectivity index (χ1n) is 8.22. The zero-order valence-corrected chi connectivity index (χ0v) is 16.5. The fraction of sp³-hybridized carbons (Fsp3) is 0.294. The quantitative estimate of drug-likeness (QED) is 0.556. The second kappa shape index (κ2) is 8.40. The number of nitrogens with zero attached hydrogens (tertiary/aromatic N) is 3. The molecule has 3 rings (SSSR count). The van der Waals surface area contributed by atoms with Crippen molar-refractivity contribution in [2.75, 3.05) is 11.1 Å². The molecule has 3 heterocycles. The number of furan rings is 1. The Hall–Kier alpha value is -2.59. The minimum Gasteiger partial charge on any atom is -0.461 e. The van der Waals surface area contributed by atoms with Gasteiger partial charge in [-0.3, -0.25) is 14.2 Å². The SMILES string of the molecule is CC(C)Cn1c(SCC(=O)Nc2sccc2C(N)=O)nnc1-c1ccco1. The lowest BCUT2D eigenvalue weighted by molar-refractivity contribution is -0.113. The van der Waals surface area contributed by atoms with Crippen LogP contribution < -0.4 is 11.1 Å². The number of primary amides is 1. The Morgan fingerprint density at radius 1 is 1.37 bits per heavy atom. The second-order valence-electron chi connectivity index (χ2n) is 6.15. The van der Waals surface area contributed by atoms with Crippen LogP contribution in [0.3, 0.4) is 0 Å². The Labute approximate surface area is 164 Å². The summed E-state index contributed by atoms with van der Waals surface area (Å²) in [6.07, 6.45) is 1.58. The van der Waals surface area contributed by atoms with E-state index < -0.39 is 5.91 Å². The molecule has 0 unspecified atom stereocenters. The molecule has 8 nitrogen and oxygen atoms in total. The van der Waals surface area contributed by atoms with Crippen molar-refractivity contribution < 1.29 is 14.0 Å². The molecule has 0 saturated carbocycles. The standard InChI is InChI=1S/C17H19N5O3S2/c1-10(2)8-22-15(12-4-3-6-25-12)20-21-17(22)27-9-13(23)19-16-11(14(18)24)5-7-26-16/h3-7,10H,8-9H2,1-2H3,(H2,18,24)(H,19,23). The molecular weight excluding hydrogens is 386 g/mol. The number of anilines is 1. The molecule has 0 aromatic carbocycles. The molecule has 0 aliphatic carbocycles. The lowest BCUT2D eigenvalue weighted by atomic mass is 10.2. The molecule has 3 aromatic rings. The molecule has 10 heteroatoms. The normalized spacial score (nSPS) is 11.1. The van der Waals surface area contributed by atoms with Crippen LogP contribution in [0.5, 0.6) is 0 Å². The molecular formula is C17H19N5O3S2. The van der Waals surface area contributed by atoms with Crippen LogP contribution in [0.25, 0.3) is 11.6 Å². The maximum Gasteiger partial charge on any atom is 0.251 e. The van der Waals surface area contributed by atoms with Crippen LogP contribution in [0, 0.1) is 5.92 Å². The summed E-state index contributed by atoms with van der Waals surface area (Å²) in [5.41, 5.74) is 5.60. The van der Waals surface area contributed by atoms with E-state index in [1.807, 2.05) is 10.6 Å². The van der Waals surface area contributed by atoms with Gasteiger partial charge in [-0.2, -0.15) is 0 Å². The Bertz CT molecular complexity index is 930. The topological polar surface area (TPSA) is 116 Å². The van der Waals surface area contributed by atoms with Crippen molar-refractivity contribution in [1.29, 1.82) is 0 Å². The molecule has 0 spiro atoms. The van der Waals surface area contributed by atoms with Crippen LogP contribution in [0.15, 0.2) is 39.4 Å². The summed E-state index contributed by atoms with van der Waals surface area (Å²) in [7, 11) is 0. The van der Waals surface area contributed by atoms with E-state index in [9.17, 15) is 9.59 Å². The van der Waals surface area contributed by atoms with Crippen LogP contribution in [-0.4, -0.2) is 32.3 Å². The molecule has 0 bridgehead atoms. The maximum atomic E-state index is 12.3. The van der Waals surface area contributed by atoms with E-state index in [-0.39, 0.29) is 11.7 Å². The maximum absolute atomic E-state index is 12.3. The first-order valence-corrected chi connectivity index (χ1v) is 10.1. The van der Waals surface area contributed by atoms with Gasteiger partial charge < -0.3 is 15.5 Å². The van der Waals surface area contributed by atoms with Gasteiger partial charge in [-0.1, -0.05) is 25.6 Å². The average molecular weight is 406 g/mol. The van der Waals surface area contributed by atoms with E-state index in [1.54, 1.807) is 23.8 Å². The van der Waals surface area contributed by atoms with Crippen molar-refractivity contribution in [2.45, 2.75) is 25.5 Å². The van der Waals surface area contributed by atoms with E-state index >= 15 is 0 Å². The molecule has 2 amide bonds. The van der Waals surface area contributed by atoms with Gasteiger partial charge in [0.05, 0.1) is 17.6 Å². The predicted molar refractivity (Wildman–Crippen MR) is 105 cm³/mol. The van der Waals surface area contributed by atoms with Gasteiger partial charge in [0.15, 0.2) is 16.7 Å². The minimum atomic E-state index is -0.570. The van der Waals surface area contributed by atoms with Gasteiger partial charge in [-0.15, -0.1) is 21.5 Å². The second-order valence-corrected chi connectivity index (χ2v) is 8.01. The Kier molecular flexibility index (Phi) is 5.97. The van der Waals surface area contributed by atoms with Crippen molar-refractivity contribution >= 4 is 39.9 Å². The van der Waals surface area contributed by atoms with E-state index in [2.05, 4.69) is 29.4 Å². The molecule has 0 radical (unpaired) electrons. The third-order valence-corrected chi connectivity index (χ3v) is 5.32. The number of carbonyl (C=O) groups is 2. The molecule has 3 N–H and O–H groups in total. The number of aromatic nitrogens is 3. The van der Waals surface area contributed by atoms with Crippen molar-refractivity contribution in [3.63, 3.8) is 0 Å². The molecule has 3 aromatic heterocycles. The molecule has 27 heavy (non-hydrogen) atoms. The van der Waals surface area contributed by atoms with Crippen LogP contribution in [0.1, 0.15) is 24.2 Å². The summed E-state index contributed by atoms with van der Waals surface area (Å²) in [5, 5.41) is 13.9. The van der Waals surface area contributed by atoms with Crippen LogP contribution in [0.2, 0.25) is 0 Å². The van der Waals surface area contributed by atoms with Crippen molar-refractivity contribution in [2.24, 2.45) is 11.7 Å². The Morgan fingerprint density at radius 2 is 2.19 bits per heavy atom. The monoisotopic (exact) mass is 405 g/mol. The zero-order valence-electron chi connectivity index (χ0n) is 14.8. The molecule has 0 saturated heterocycles. The van der Waals surface area contributed by atoms with Crippen molar-refractivity contribution in [3.8, 4) is 11.6 Å². The smallest absolute Gasteiger partial charge is 0.251 e. The lowest BCUT2D eigenvalue weighted by Gasteiger charge is -2.11. The number of thioether (sulfide) groups is 1. The summed E-state index contributed by atoms with van der Waals surface area (Å²) in [6.45, 7) is 4.88. The van der Waals surface area contributed by atoms with E-state index in [0.29, 0.717) is 39.8 Å². The molecule has 0 atom stereocenters. The number of hydrogen-bond acceptors (Lipinski definition) is 7. The van der Waals surface area contributed by atoms with Gasteiger partial charge in [-0.25, -0.2) is 0 Å². The fourth-order valence-electron chi connectivity index (χ4n) is 2.41. The van der Waals surface area contributed by atoms with Gasteiger partial charge in [0.25, 0.3) is 5.91 Å². The van der Waals surface area contributed by atoms with Crippen LogP contribution >= 0.6 is 23.1 Å². The first-order chi connectivity index (χ1) is 13.0. The lowest BCUT2D eigenvalue weighted by Crippen LogP contribution is -2.18. The zero-order chi connectivity index (χ0) is 19.4. The van der Waals surface area contributed by atoms with Gasteiger partial charge in [0.2, 0.25) is 5.91 Å². The first kappa shape index (κ1) is 19.2. The highest BCUT2D eigenvalue weighted by atomic mass is 32.2. The van der Waals surface area contributed by atoms with E-state index in [1.165, 1.54) is 23.1 Å². The predicted octanol–water partition coefficient (Wildman–Crippen LogP) is 3.09. The molecule has 0 fully saturated rings. The van der Waals surface area contributed by atoms with E-state index in [0.717, 1.165) is 0 Å². The number of hydrogen-bond donors (Lipinski definition) is 2. The van der Waals surface area contributed by atoms with E-state index in [4.69, 9.17) is 10.2 Å². The average Bonchev–Trinajstić information content (AvgIpc) is 3.33.